The SMILES string of the molecule is CS(=O)(=O)c1ccc(-c2ccc([C@H](N[C@@H](CC(Cl)Cl)C(=O)N[C@H](N)Cc3ccc(C#N)cc3F)C(F)(F)F)cc2)cc1. The van der Waals surface area contributed by atoms with E-state index in [-0.39, 0.29) is 28.0 Å². The highest BCUT2D eigenvalue weighted by atomic mass is 35.5. The number of alkyl halides is 5. The van der Waals surface area contributed by atoms with Crippen molar-refractivity contribution < 1.29 is 30.8 Å². The lowest BCUT2D eigenvalue weighted by atomic mass is 9.99. The molecule has 3 atom stereocenters. The molecule has 0 bridgehead atoms. The summed E-state index contributed by atoms with van der Waals surface area (Å²) in [6.45, 7) is 0. The van der Waals surface area contributed by atoms with Crippen LogP contribution in [-0.2, 0) is 21.1 Å². The van der Waals surface area contributed by atoms with Crippen LogP contribution in [0.25, 0.3) is 11.1 Å². The van der Waals surface area contributed by atoms with E-state index in [0.717, 1.165) is 12.3 Å². The van der Waals surface area contributed by atoms with Crippen molar-refractivity contribution >= 4 is 38.9 Å². The van der Waals surface area contributed by atoms with Crippen LogP contribution < -0.4 is 16.4 Å². The van der Waals surface area contributed by atoms with E-state index in [9.17, 15) is 30.8 Å². The number of nitrogens with one attached hydrogen (secondary N) is 2. The summed E-state index contributed by atoms with van der Waals surface area (Å²) in [5, 5.41) is 13.5. The number of halogens is 6. The van der Waals surface area contributed by atoms with Crippen molar-refractivity contribution in [3.8, 4) is 17.2 Å². The molecule has 3 aromatic rings. The zero-order valence-electron chi connectivity index (χ0n) is 22.0. The summed E-state index contributed by atoms with van der Waals surface area (Å²) in [4.78, 5) is 11.9. The van der Waals surface area contributed by atoms with Gasteiger partial charge in [0, 0.05) is 19.1 Å². The van der Waals surface area contributed by atoms with E-state index in [1.54, 1.807) is 18.2 Å². The summed E-state index contributed by atoms with van der Waals surface area (Å²) in [6.07, 6.45) is -5.54. The van der Waals surface area contributed by atoms with Gasteiger partial charge in [-0.1, -0.05) is 42.5 Å². The van der Waals surface area contributed by atoms with Gasteiger partial charge in [-0.15, -0.1) is 23.2 Å². The number of nitrogens with zero attached hydrogens (tertiary/aromatic N) is 1. The number of rotatable bonds is 11. The molecule has 0 aliphatic carbocycles. The van der Waals surface area contributed by atoms with E-state index in [2.05, 4.69) is 10.6 Å². The highest BCUT2D eigenvalue weighted by molar-refractivity contribution is 7.90. The van der Waals surface area contributed by atoms with Gasteiger partial charge in [-0.3, -0.25) is 10.1 Å². The first-order chi connectivity index (χ1) is 19.6. The van der Waals surface area contributed by atoms with Gasteiger partial charge in [-0.25, -0.2) is 12.8 Å². The van der Waals surface area contributed by atoms with E-state index in [4.69, 9.17) is 34.2 Å². The number of sulfone groups is 1. The van der Waals surface area contributed by atoms with Crippen LogP contribution in [0.4, 0.5) is 17.6 Å². The predicted octanol–water partition coefficient (Wildman–Crippen LogP) is 5.17. The van der Waals surface area contributed by atoms with Crippen LogP contribution in [0.1, 0.15) is 29.2 Å². The van der Waals surface area contributed by atoms with Crippen LogP contribution in [0.2, 0.25) is 0 Å². The van der Waals surface area contributed by atoms with E-state index in [0.29, 0.717) is 11.1 Å². The molecule has 1 amide bonds. The second kappa shape index (κ2) is 13.8. The van der Waals surface area contributed by atoms with Gasteiger partial charge in [0.25, 0.3) is 0 Å². The molecule has 4 N–H and O–H groups in total. The molecule has 0 heterocycles. The second-order valence-electron chi connectivity index (χ2n) is 9.48. The van der Waals surface area contributed by atoms with Crippen LogP contribution >= 0.6 is 23.2 Å². The van der Waals surface area contributed by atoms with Crippen molar-refractivity contribution in [1.82, 2.24) is 10.6 Å². The Hall–Kier alpha value is -3.21. The van der Waals surface area contributed by atoms with Gasteiger partial charge in [0.05, 0.1) is 28.7 Å². The zero-order valence-corrected chi connectivity index (χ0v) is 24.3. The van der Waals surface area contributed by atoms with Crippen LogP contribution in [0.5, 0.6) is 0 Å². The van der Waals surface area contributed by atoms with Crippen LogP contribution in [0.3, 0.4) is 0 Å². The lowest BCUT2D eigenvalue weighted by molar-refractivity contribution is -0.161. The molecule has 3 rings (SSSR count). The molecule has 0 fully saturated rings. The maximum atomic E-state index is 14.2. The highest BCUT2D eigenvalue weighted by Crippen LogP contribution is 2.35. The Kier molecular flexibility index (Phi) is 11.0. The Balaban J connectivity index is 1.79. The summed E-state index contributed by atoms with van der Waals surface area (Å²) in [5.74, 6) is -1.65. The largest absolute Gasteiger partial charge is 0.407 e. The van der Waals surface area contributed by atoms with Crippen LogP contribution in [-0.4, -0.2) is 43.8 Å². The Labute approximate surface area is 250 Å². The maximum absolute atomic E-state index is 14.2. The minimum absolute atomic E-state index is 0.0875. The van der Waals surface area contributed by atoms with E-state index >= 15 is 0 Å². The van der Waals surface area contributed by atoms with Gasteiger partial charge in [0.1, 0.15) is 16.7 Å². The minimum Gasteiger partial charge on any atom is -0.339 e. The third-order valence-electron chi connectivity index (χ3n) is 6.24. The third-order valence-corrected chi connectivity index (χ3v) is 7.72. The summed E-state index contributed by atoms with van der Waals surface area (Å²) in [5.41, 5.74) is 7.03. The molecule has 0 unspecified atom stereocenters. The van der Waals surface area contributed by atoms with Crippen molar-refractivity contribution in [1.29, 1.82) is 5.26 Å². The Morgan fingerprint density at radius 2 is 1.60 bits per heavy atom. The third kappa shape index (κ3) is 9.14. The molecule has 42 heavy (non-hydrogen) atoms. The lowest BCUT2D eigenvalue weighted by Crippen LogP contribution is -2.54. The average molecular weight is 646 g/mol. The van der Waals surface area contributed by atoms with Gasteiger partial charge in [-0.2, -0.15) is 18.4 Å². The standard InChI is InChI=1S/C28H26Cl2F4N4O3S/c1-42(40,41)21-10-8-18(9-11-21)17-4-6-19(7-5-17)26(28(32,33)34)37-23(14-24(29)30)27(39)38-25(36)13-20-3-2-16(15-35)12-22(20)31/h2-12,23-26,37H,13-14,36H2,1H3,(H,38,39)/t23-,25-,26-/m0/s1. The van der Waals surface area contributed by atoms with Crippen molar-refractivity contribution in [2.75, 3.05) is 6.26 Å². The molecule has 0 spiro atoms. The number of benzene rings is 3. The molecular weight excluding hydrogens is 619 g/mol. The molecule has 0 radical (unpaired) electrons. The minimum atomic E-state index is -4.83. The Bertz CT molecular complexity index is 1550. The fraction of sp³-hybridized carbons (Fsp3) is 0.286. The van der Waals surface area contributed by atoms with E-state index < -0.39 is 57.2 Å². The number of nitrogens with two attached hydrogens (primary N) is 1. The predicted molar refractivity (Wildman–Crippen MR) is 152 cm³/mol. The fourth-order valence-corrected chi connectivity index (χ4v) is 5.11. The topological polar surface area (TPSA) is 125 Å². The Morgan fingerprint density at radius 1 is 1.02 bits per heavy atom. The molecule has 0 saturated heterocycles. The maximum Gasteiger partial charge on any atom is 0.407 e. The van der Waals surface area contributed by atoms with Gasteiger partial charge in [0.2, 0.25) is 5.91 Å². The van der Waals surface area contributed by atoms with E-state index in [1.165, 1.54) is 48.5 Å². The number of hydrogen-bond donors (Lipinski definition) is 3. The van der Waals surface area contributed by atoms with Crippen molar-refractivity contribution in [2.24, 2.45) is 5.73 Å². The number of amides is 1. The molecule has 0 aliphatic heterocycles. The fourth-order valence-electron chi connectivity index (χ4n) is 4.13. The second-order valence-corrected chi connectivity index (χ2v) is 12.8. The molecule has 0 aliphatic rings. The zero-order chi connectivity index (χ0) is 31.2. The first-order valence-electron chi connectivity index (χ1n) is 12.3. The molecule has 14 heteroatoms. The van der Waals surface area contributed by atoms with Crippen molar-refractivity contribution in [3.05, 3.63) is 89.2 Å². The van der Waals surface area contributed by atoms with Crippen molar-refractivity contribution in [3.63, 3.8) is 0 Å². The lowest BCUT2D eigenvalue weighted by Gasteiger charge is -2.28. The first-order valence-corrected chi connectivity index (χ1v) is 15.1. The summed E-state index contributed by atoms with van der Waals surface area (Å²) >= 11 is 11.6. The van der Waals surface area contributed by atoms with Gasteiger partial charge < -0.3 is 11.1 Å². The van der Waals surface area contributed by atoms with E-state index in [1.807, 2.05) is 0 Å². The molecule has 224 valence electrons. The number of nitriles is 1. The van der Waals surface area contributed by atoms with Gasteiger partial charge in [-0.05, 0) is 46.5 Å². The summed E-state index contributed by atoms with van der Waals surface area (Å²) < 4.78 is 80.2. The van der Waals surface area contributed by atoms with Crippen LogP contribution in [0.15, 0.2) is 71.6 Å². The number of hydrogen-bond acceptors (Lipinski definition) is 6. The summed E-state index contributed by atoms with van der Waals surface area (Å²) in [7, 11) is -3.41. The van der Waals surface area contributed by atoms with Gasteiger partial charge in [0.15, 0.2) is 9.84 Å². The van der Waals surface area contributed by atoms with Crippen LogP contribution in [0, 0.1) is 17.1 Å². The monoisotopic (exact) mass is 644 g/mol. The average Bonchev–Trinajstić information content (AvgIpc) is 2.91. The molecular formula is C28H26Cl2F4N4O3S. The molecule has 7 nitrogen and oxygen atoms in total. The Morgan fingerprint density at radius 3 is 2.07 bits per heavy atom. The quantitative estimate of drug-likeness (QED) is 0.150. The summed E-state index contributed by atoms with van der Waals surface area (Å²) in [6, 6.07) is 12.9. The van der Waals surface area contributed by atoms with Gasteiger partial charge >= 0.3 is 6.18 Å². The first kappa shape index (κ1) is 33.3. The van der Waals surface area contributed by atoms with Crippen molar-refractivity contribution in [2.45, 2.75) is 47.0 Å². The normalized spacial score (nSPS) is 14.2. The molecule has 0 aromatic heterocycles. The molecule has 3 aromatic carbocycles. The molecule has 0 saturated carbocycles. The number of carbonyl (C=O) groups is 1. The smallest absolute Gasteiger partial charge is 0.339 e. The number of carbonyl (C=O) groups excluding carboxylic acids is 1. The highest BCUT2D eigenvalue weighted by Gasteiger charge is 2.43.